The Balaban J connectivity index is 2.50. The minimum Gasteiger partial charge on any atom is -0.505 e. The van der Waals surface area contributed by atoms with E-state index in [0.717, 1.165) is 0 Å². The Morgan fingerprint density at radius 3 is 2.47 bits per heavy atom. The minimum absolute atomic E-state index is 0.372. The van der Waals surface area contributed by atoms with Crippen LogP contribution in [0.2, 0.25) is 0 Å². The summed E-state index contributed by atoms with van der Waals surface area (Å²) >= 11 is 0. The Morgan fingerprint density at radius 2 is 1.80 bits per heavy atom. The Morgan fingerprint density at radius 1 is 1.13 bits per heavy atom. The third-order valence-corrected chi connectivity index (χ3v) is 4.38. The SMILES string of the molecule is C=C[Si]1(C=C)OC(=O)c2ccccc2O1. The van der Waals surface area contributed by atoms with Crippen LogP contribution in [-0.2, 0) is 4.43 Å². The summed E-state index contributed by atoms with van der Waals surface area (Å²) in [6, 6.07) is 6.98. The van der Waals surface area contributed by atoms with Gasteiger partial charge in [-0.3, -0.25) is 0 Å². The molecule has 0 fully saturated rings. The molecule has 2 rings (SSSR count). The van der Waals surface area contributed by atoms with Gasteiger partial charge in [-0.1, -0.05) is 25.3 Å². The number of fused-ring (bicyclic) bond motifs is 1. The Kier molecular flexibility index (Phi) is 2.20. The van der Waals surface area contributed by atoms with Gasteiger partial charge in [-0.2, -0.15) is 0 Å². The fourth-order valence-electron chi connectivity index (χ4n) is 1.37. The first kappa shape index (κ1) is 9.73. The van der Waals surface area contributed by atoms with Crippen LogP contribution in [0.25, 0.3) is 0 Å². The normalized spacial score (nSPS) is 16.9. The van der Waals surface area contributed by atoms with Crippen LogP contribution >= 0.6 is 0 Å². The molecule has 0 aliphatic carbocycles. The number of carbonyl (C=O) groups excluding carboxylic acids is 1. The molecule has 1 heterocycles. The maximum atomic E-state index is 11.7. The fourth-order valence-corrected chi connectivity index (χ4v) is 2.83. The first-order valence-electron chi connectivity index (χ1n) is 4.49. The standard InChI is InChI=1S/C11H10O3Si/c1-3-15(4-2)13-10-8-6-5-7-9(10)11(12)14-15/h3-8H,1-2H2. The molecule has 1 aromatic rings. The lowest BCUT2D eigenvalue weighted by Gasteiger charge is -2.29. The van der Waals surface area contributed by atoms with Gasteiger partial charge in [0, 0.05) is 0 Å². The molecular formula is C11H10O3Si. The van der Waals surface area contributed by atoms with Crippen LogP contribution in [-0.4, -0.2) is 14.5 Å². The largest absolute Gasteiger partial charge is 0.517 e. The lowest BCUT2D eigenvalue weighted by atomic mass is 10.2. The predicted molar refractivity (Wildman–Crippen MR) is 58.6 cm³/mol. The maximum absolute atomic E-state index is 11.7. The lowest BCUT2D eigenvalue weighted by Crippen LogP contribution is -2.47. The fraction of sp³-hybridized carbons (Fsp3) is 0. The van der Waals surface area contributed by atoms with E-state index in [1.807, 2.05) is 6.07 Å². The summed E-state index contributed by atoms with van der Waals surface area (Å²) in [6.07, 6.45) is 0. The summed E-state index contributed by atoms with van der Waals surface area (Å²) < 4.78 is 10.9. The Hall–Kier alpha value is -1.81. The van der Waals surface area contributed by atoms with Crippen molar-refractivity contribution in [3.63, 3.8) is 0 Å². The predicted octanol–water partition coefficient (Wildman–Crippen LogP) is 2.13. The van der Waals surface area contributed by atoms with Crippen LogP contribution < -0.4 is 4.43 Å². The highest BCUT2D eigenvalue weighted by Gasteiger charge is 2.42. The number of benzene rings is 1. The summed E-state index contributed by atoms with van der Waals surface area (Å²) in [4.78, 5) is 11.7. The van der Waals surface area contributed by atoms with E-state index in [-0.39, 0.29) is 5.97 Å². The highest BCUT2D eigenvalue weighted by atomic mass is 28.4. The smallest absolute Gasteiger partial charge is 0.505 e. The van der Waals surface area contributed by atoms with Crippen LogP contribution in [0.5, 0.6) is 5.75 Å². The average Bonchev–Trinajstić information content (AvgIpc) is 2.29. The molecule has 0 spiro atoms. The summed E-state index contributed by atoms with van der Waals surface area (Å²) in [5.74, 6) is 0.170. The monoisotopic (exact) mass is 218 g/mol. The van der Waals surface area contributed by atoms with Crippen molar-refractivity contribution in [3.8, 4) is 5.75 Å². The second kappa shape index (κ2) is 3.40. The molecule has 4 heteroatoms. The van der Waals surface area contributed by atoms with Crippen LogP contribution in [0.1, 0.15) is 10.4 Å². The van der Waals surface area contributed by atoms with Gasteiger partial charge in [-0.15, -0.1) is 0 Å². The molecule has 0 N–H and O–H groups in total. The van der Waals surface area contributed by atoms with Crippen LogP contribution in [0.15, 0.2) is 48.8 Å². The molecule has 76 valence electrons. The van der Waals surface area contributed by atoms with Gasteiger partial charge in [0.25, 0.3) is 0 Å². The van der Waals surface area contributed by atoms with E-state index in [1.54, 1.807) is 18.2 Å². The molecule has 0 saturated carbocycles. The van der Waals surface area contributed by atoms with Crippen molar-refractivity contribution in [2.75, 3.05) is 0 Å². The van der Waals surface area contributed by atoms with Crippen LogP contribution in [0.4, 0.5) is 0 Å². The van der Waals surface area contributed by atoms with Crippen molar-refractivity contribution >= 4 is 14.5 Å². The summed E-state index contributed by atoms with van der Waals surface area (Å²) in [5.41, 5.74) is 3.52. The number of para-hydroxylation sites is 1. The topological polar surface area (TPSA) is 35.5 Å². The average molecular weight is 218 g/mol. The Bertz CT molecular complexity index is 431. The van der Waals surface area contributed by atoms with E-state index in [1.165, 1.54) is 11.4 Å². The van der Waals surface area contributed by atoms with E-state index >= 15 is 0 Å². The first-order chi connectivity index (χ1) is 7.21. The van der Waals surface area contributed by atoms with Gasteiger partial charge >= 0.3 is 14.5 Å². The van der Waals surface area contributed by atoms with Gasteiger partial charge in [0.15, 0.2) is 0 Å². The van der Waals surface area contributed by atoms with E-state index in [0.29, 0.717) is 11.3 Å². The number of hydrogen-bond donors (Lipinski definition) is 0. The van der Waals surface area contributed by atoms with Gasteiger partial charge in [0.1, 0.15) is 5.75 Å². The highest BCUT2D eigenvalue weighted by molar-refractivity contribution is 6.80. The quantitative estimate of drug-likeness (QED) is 0.713. The van der Waals surface area contributed by atoms with Crippen molar-refractivity contribution in [1.82, 2.24) is 0 Å². The van der Waals surface area contributed by atoms with E-state index in [9.17, 15) is 4.79 Å². The van der Waals surface area contributed by atoms with Crippen LogP contribution in [0.3, 0.4) is 0 Å². The molecule has 15 heavy (non-hydrogen) atoms. The molecule has 0 saturated heterocycles. The Labute approximate surface area is 88.9 Å². The summed E-state index contributed by atoms with van der Waals surface area (Å²) in [7, 11) is -2.77. The van der Waals surface area contributed by atoms with E-state index in [2.05, 4.69) is 13.2 Å². The van der Waals surface area contributed by atoms with Crippen LogP contribution in [0, 0.1) is 0 Å². The van der Waals surface area contributed by atoms with Crippen molar-refractivity contribution in [2.24, 2.45) is 0 Å². The van der Waals surface area contributed by atoms with E-state index < -0.39 is 8.56 Å². The third kappa shape index (κ3) is 1.48. The van der Waals surface area contributed by atoms with Gasteiger partial charge < -0.3 is 8.85 Å². The highest BCUT2D eigenvalue weighted by Crippen LogP contribution is 2.29. The first-order valence-corrected chi connectivity index (χ1v) is 6.46. The summed E-state index contributed by atoms with van der Waals surface area (Å²) in [6.45, 7) is 7.25. The summed E-state index contributed by atoms with van der Waals surface area (Å²) in [5, 5.41) is 0. The second-order valence-corrected chi connectivity index (χ2v) is 5.78. The molecule has 0 radical (unpaired) electrons. The molecule has 1 aliphatic heterocycles. The molecule has 0 atom stereocenters. The zero-order valence-electron chi connectivity index (χ0n) is 8.10. The van der Waals surface area contributed by atoms with Gasteiger partial charge in [0.05, 0.1) is 5.56 Å². The second-order valence-electron chi connectivity index (χ2n) is 3.12. The van der Waals surface area contributed by atoms with Gasteiger partial charge in [-0.25, -0.2) is 4.79 Å². The number of rotatable bonds is 2. The van der Waals surface area contributed by atoms with E-state index in [4.69, 9.17) is 8.85 Å². The molecule has 0 unspecified atom stereocenters. The van der Waals surface area contributed by atoms with Crippen molar-refractivity contribution < 1.29 is 13.6 Å². The number of hydrogen-bond acceptors (Lipinski definition) is 3. The zero-order valence-corrected chi connectivity index (χ0v) is 9.10. The van der Waals surface area contributed by atoms with Crippen molar-refractivity contribution in [2.45, 2.75) is 0 Å². The van der Waals surface area contributed by atoms with Gasteiger partial charge in [0.2, 0.25) is 0 Å². The molecule has 1 aliphatic rings. The minimum atomic E-state index is -2.77. The van der Waals surface area contributed by atoms with Gasteiger partial charge in [-0.05, 0) is 23.5 Å². The number of carbonyl (C=O) groups is 1. The zero-order chi connectivity index (χ0) is 10.9. The molecule has 0 bridgehead atoms. The molecular weight excluding hydrogens is 208 g/mol. The van der Waals surface area contributed by atoms with Crippen molar-refractivity contribution in [3.05, 3.63) is 54.4 Å². The molecule has 0 amide bonds. The van der Waals surface area contributed by atoms with Crippen molar-refractivity contribution in [1.29, 1.82) is 0 Å². The molecule has 0 aromatic heterocycles. The lowest BCUT2D eigenvalue weighted by molar-refractivity contribution is 0.0671. The molecule has 1 aromatic carbocycles. The third-order valence-electron chi connectivity index (χ3n) is 2.20. The molecule has 3 nitrogen and oxygen atoms in total. The maximum Gasteiger partial charge on any atom is 0.517 e.